The van der Waals surface area contributed by atoms with Gasteiger partial charge in [0.1, 0.15) is 6.79 Å². The quantitative estimate of drug-likeness (QED) is 0.694. The van der Waals surface area contributed by atoms with Crippen molar-refractivity contribution in [3.63, 3.8) is 0 Å². The summed E-state index contributed by atoms with van der Waals surface area (Å²) >= 11 is 0.0556. The van der Waals surface area contributed by atoms with E-state index in [4.69, 9.17) is 12.6 Å². The zero-order chi connectivity index (χ0) is 8.12. The monoisotopic (exact) mass is 370 g/mol. The normalized spacial score (nSPS) is 5.00. The summed E-state index contributed by atoms with van der Waals surface area (Å²) in [6.45, 7) is 4.40. The van der Waals surface area contributed by atoms with E-state index in [-0.39, 0.29) is 66.4 Å². The molecule has 2 radical (unpaired) electrons. The van der Waals surface area contributed by atoms with Gasteiger partial charge in [0.25, 0.3) is 0 Å². The van der Waals surface area contributed by atoms with E-state index >= 15 is 0 Å². The molecular formula is C5H14CaO3Pb. The molecule has 3 nitrogen and oxygen atoms in total. The predicted molar refractivity (Wildman–Crippen MR) is 43.5 cm³/mol. The molecule has 0 aliphatic carbocycles. The predicted octanol–water partition coefficient (Wildman–Crippen LogP) is -0.0615. The van der Waals surface area contributed by atoms with Crippen molar-refractivity contribution in [1.29, 1.82) is 0 Å². The number of rotatable bonds is 2. The van der Waals surface area contributed by atoms with Crippen LogP contribution >= 0.6 is 0 Å². The summed E-state index contributed by atoms with van der Waals surface area (Å²) in [5.41, 5.74) is 0. The second kappa shape index (κ2) is 46.1. The van der Waals surface area contributed by atoms with Crippen LogP contribution in [-0.4, -0.2) is 82.0 Å². The Kier molecular flexibility index (Phi) is 104. The van der Waals surface area contributed by atoms with E-state index in [9.17, 15) is 0 Å². The fourth-order valence-electron chi connectivity index (χ4n) is 0.158. The van der Waals surface area contributed by atoms with Crippen LogP contribution in [0.2, 0.25) is 0 Å². The first-order chi connectivity index (χ1) is 4.41. The molecule has 0 amide bonds. The van der Waals surface area contributed by atoms with Crippen molar-refractivity contribution in [2.45, 2.75) is 19.8 Å². The van der Waals surface area contributed by atoms with Crippen LogP contribution in [0.25, 0.3) is 0 Å². The van der Waals surface area contributed by atoms with Gasteiger partial charge in [-0.15, -0.1) is 0 Å². The van der Waals surface area contributed by atoms with Gasteiger partial charge >= 0.3 is 66.2 Å². The molecule has 0 fully saturated rings. The SMILES string of the molecule is C=O.CCCCO.[Ca+2].[H-].[H-].[O]=[Pb]. The second-order valence-corrected chi connectivity index (χ2v) is 1.08. The second-order valence-electron chi connectivity index (χ2n) is 1.08. The topological polar surface area (TPSA) is 54.4 Å². The number of aliphatic hydroxyl groups excluding tert-OH is 1. The summed E-state index contributed by atoms with van der Waals surface area (Å²) in [7, 11) is 0. The number of unbranched alkanes of at least 4 members (excludes halogenated alkanes) is 1. The number of carbonyl (C=O) groups is 1. The number of aliphatic hydroxyl groups is 1. The minimum absolute atomic E-state index is 0. The Bertz CT molecular complexity index is 43.9. The van der Waals surface area contributed by atoms with E-state index in [1.54, 1.807) is 0 Å². The molecule has 5 heteroatoms. The van der Waals surface area contributed by atoms with Crippen LogP contribution in [0.15, 0.2) is 0 Å². The summed E-state index contributed by atoms with van der Waals surface area (Å²) in [6, 6.07) is 0. The van der Waals surface area contributed by atoms with E-state index in [2.05, 4.69) is 6.92 Å². The summed E-state index contributed by atoms with van der Waals surface area (Å²) in [5, 5.41) is 8.07. The molecule has 0 saturated carbocycles. The molecule has 0 rings (SSSR count). The maximum absolute atomic E-state index is 8.39. The van der Waals surface area contributed by atoms with Gasteiger partial charge in [-0.2, -0.15) is 0 Å². The van der Waals surface area contributed by atoms with Gasteiger partial charge in [-0.25, -0.2) is 0 Å². The Morgan fingerprint density at radius 1 is 1.50 bits per heavy atom. The van der Waals surface area contributed by atoms with Gasteiger partial charge in [0.2, 0.25) is 0 Å². The molecule has 0 aromatic rings. The van der Waals surface area contributed by atoms with E-state index in [1.807, 2.05) is 6.79 Å². The standard InChI is InChI=1S/C4H10O.CH2O.Ca.O.Pb.2H/c1-2-3-4-5;1-2;;;;;/h5H,2-4H2,1H3;1H2;;;;;/q;;+2;;;2*-1. The van der Waals surface area contributed by atoms with E-state index < -0.39 is 0 Å². The Morgan fingerprint density at radius 3 is 1.80 bits per heavy atom. The van der Waals surface area contributed by atoms with Gasteiger partial charge in [-0.05, 0) is 6.42 Å². The minimum atomic E-state index is 0. The van der Waals surface area contributed by atoms with Crippen LogP contribution in [0.5, 0.6) is 0 Å². The van der Waals surface area contributed by atoms with Crippen LogP contribution in [0.3, 0.4) is 0 Å². The third kappa shape index (κ3) is 54.6. The molecule has 0 aliphatic heterocycles. The number of hydrogen-bond donors (Lipinski definition) is 1. The number of carbonyl (C=O) groups excluding carboxylic acids is 1. The van der Waals surface area contributed by atoms with Crippen LogP contribution in [0.4, 0.5) is 0 Å². The molecule has 0 heterocycles. The Hall–Kier alpha value is 1.61. The first-order valence-electron chi connectivity index (χ1n) is 2.52. The van der Waals surface area contributed by atoms with E-state index in [1.165, 1.54) is 0 Å². The molecule has 0 aromatic carbocycles. The van der Waals surface area contributed by atoms with Gasteiger partial charge in [-0.1, -0.05) is 13.3 Å². The Labute approximate surface area is 111 Å². The van der Waals surface area contributed by atoms with Crippen LogP contribution in [0.1, 0.15) is 22.6 Å². The molecule has 10 heavy (non-hydrogen) atoms. The van der Waals surface area contributed by atoms with Gasteiger partial charge in [0.15, 0.2) is 0 Å². The molecule has 0 spiro atoms. The summed E-state index contributed by atoms with van der Waals surface area (Å²) in [5.74, 6) is 0. The molecule has 0 aliphatic rings. The van der Waals surface area contributed by atoms with Crippen molar-refractivity contribution in [3.05, 3.63) is 0 Å². The zero-order valence-electron chi connectivity index (χ0n) is 8.30. The van der Waals surface area contributed by atoms with Gasteiger partial charge < -0.3 is 12.8 Å². The molecule has 0 atom stereocenters. The average Bonchev–Trinajstić information content (AvgIpc) is 1.98. The van der Waals surface area contributed by atoms with Crippen molar-refractivity contribution < 1.29 is 15.4 Å². The van der Waals surface area contributed by atoms with Crippen LogP contribution < -0.4 is 0 Å². The fourth-order valence-corrected chi connectivity index (χ4v) is 0.158. The van der Waals surface area contributed by atoms with Gasteiger partial charge in [0, 0.05) is 6.61 Å². The average molecular weight is 369 g/mol. The molecule has 0 aromatic heterocycles. The van der Waals surface area contributed by atoms with Gasteiger partial charge in [-0.3, -0.25) is 0 Å². The summed E-state index contributed by atoms with van der Waals surface area (Å²) in [4.78, 5) is 8.00. The molecule has 0 bridgehead atoms. The van der Waals surface area contributed by atoms with Crippen molar-refractivity contribution in [1.82, 2.24) is 0 Å². The molecule has 1 N–H and O–H groups in total. The van der Waals surface area contributed by atoms with Crippen molar-refractivity contribution in [2.24, 2.45) is 0 Å². The van der Waals surface area contributed by atoms with Gasteiger partial charge in [0.05, 0.1) is 0 Å². The van der Waals surface area contributed by atoms with E-state index in [0.29, 0.717) is 6.61 Å². The molecule has 0 unspecified atom stereocenters. The Morgan fingerprint density at radius 2 is 1.80 bits per heavy atom. The van der Waals surface area contributed by atoms with Crippen molar-refractivity contribution in [3.8, 4) is 0 Å². The Balaban J connectivity index is -0.0000000116. The fraction of sp³-hybridized carbons (Fsp3) is 0.800. The molecule has 0 saturated heterocycles. The summed E-state index contributed by atoms with van der Waals surface area (Å²) < 4.78 is 8.39. The number of hydrogen-bond acceptors (Lipinski definition) is 3. The van der Waals surface area contributed by atoms with Crippen LogP contribution in [-0.2, 0) is 7.48 Å². The van der Waals surface area contributed by atoms with Crippen molar-refractivity contribution >= 4 is 70.3 Å². The maximum atomic E-state index is 8.39. The van der Waals surface area contributed by atoms with Crippen molar-refractivity contribution in [2.75, 3.05) is 6.61 Å². The molecular weight excluding hydrogens is 355 g/mol. The zero-order valence-corrected chi connectivity index (χ0v) is 12.4. The third-order valence-electron chi connectivity index (χ3n) is 0.512. The molecule has 58 valence electrons. The van der Waals surface area contributed by atoms with E-state index in [0.717, 1.165) is 12.8 Å². The first kappa shape index (κ1) is 22.6. The van der Waals surface area contributed by atoms with Crippen LogP contribution in [0, 0.1) is 0 Å². The first-order valence-corrected chi connectivity index (χ1v) is 4.10. The third-order valence-corrected chi connectivity index (χ3v) is 0.512. The summed E-state index contributed by atoms with van der Waals surface area (Å²) in [6.07, 6.45) is 2.04.